The monoisotopic (exact) mass is 320 g/mol. The van der Waals surface area contributed by atoms with E-state index in [4.69, 9.17) is 4.74 Å². The molecule has 3 unspecified atom stereocenters. The largest absolute Gasteiger partial charge is 0.376 e. The first-order valence-electron chi connectivity index (χ1n) is 8.59. The maximum absolute atomic E-state index is 13.2. The molecule has 0 aromatic heterocycles. The number of nitrogens with one attached hydrogen (secondary N) is 1. The van der Waals surface area contributed by atoms with E-state index in [0.29, 0.717) is 0 Å². The fourth-order valence-corrected chi connectivity index (χ4v) is 3.54. The van der Waals surface area contributed by atoms with E-state index in [1.807, 2.05) is 4.90 Å². The van der Waals surface area contributed by atoms with Crippen molar-refractivity contribution in [1.82, 2.24) is 10.2 Å². The minimum absolute atomic E-state index is 0.0375. The molecule has 1 aromatic rings. The highest BCUT2D eigenvalue weighted by Gasteiger charge is 2.31. The van der Waals surface area contributed by atoms with Crippen molar-refractivity contribution in [2.45, 2.75) is 57.2 Å². The highest BCUT2D eigenvalue weighted by molar-refractivity contribution is 5.75. The molecule has 5 heteroatoms. The minimum Gasteiger partial charge on any atom is -0.376 e. The Morgan fingerprint density at radius 3 is 2.70 bits per heavy atom. The molecule has 0 bridgehead atoms. The number of rotatable bonds is 3. The van der Waals surface area contributed by atoms with Gasteiger partial charge in [0.05, 0.1) is 12.1 Å². The predicted octanol–water partition coefficient (Wildman–Crippen LogP) is 3.63. The molecule has 1 aromatic carbocycles. The van der Waals surface area contributed by atoms with Gasteiger partial charge in [-0.1, -0.05) is 12.1 Å². The van der Waals surface area contributed by atoms with Crippen LogP contribution in [0.2, 0.25) is 0 Å². The van der Waals surface area contributed by atoms with Crippen LogP contribution in [-0.4, -0.2) is 36.2 Å². The lowest BCUT2D eigenvalue weighted by Crippen LogP contribution is -2.50. The maximum Gasteiger partial charge on any atom is 0.318 e. The van der Waals surface area contributed by atoms with Gasteiger partial charge in [-0.05, 0) is 56.7 Å². The molecule has 0 aliphatic carbocycles. The summed E-state index contributed by atoms with van der Waals surface area (Å²) in [7, 11) is 0. The van der Waals surface area contributed by atoms with Crippen molar-refractivity contribution in [1.29, 1.82) is 0 Å². The maximum atomic E-state index is 13.2. The van der Waals surface area contributed by atoms with Crippen LogP contribution in [0.15, 0.2) is 24.3 Å². The lowest BCUT2D eigenvalue weighted by Gasteiger charge is -2.35. The van der Waals surface area contributed by atoms with Gasteiger partial charge in [0.2, 0.25) is 0 Å². The van der Waals surface area contributed by atoms with Gasteiger partial charge in [0, 0.05) is 19.2 Å². The molecule has 2 fully saturated rings. The zero-order valence-corrected chi connectivity index (χ0v) is 13.6. The van der Waals surface area contributed by atoms with Crippen LogP contribution in [0.1, 0.15) is 50.6 Å². The Hall–Kier alpha value is -1.62. The van der Waals surface area contributed by atoms with Crippen molar-refractivity contribution in [3.63, 3.8) is 0 Å². The van der Waals surface area contributed by atoms with Crippen LogP contribution < -0.4 is 5.32 Å². The van der Waals surface area contributed by atoms with Crippen LogP contribution in [0.4, 0.5) is 9.18 Å². The summed E-state index contributed by atoms with van der Waals surface area (Å²) in [6, 6.07) is 6.35. The number of urea groups is 1. The van der Waals surface area contributed by atoms with Crippen LogP contribution in [-0.2, 0) is 4.74 Å². The van der Waals surface area contributed by atoms with Crippen molar-refractivity contribution in [2.75, 3.05) is 13.2 Å². The van der Waals surface area contributed by atoms with E-state index in [1.165, 1.54) is 18.6 Å². The second-order valence-corrected chi connectivity index (χ2v) is 6.57. The van der Waals surface area contributed by atoms with Crippen LogP contribution in [0, 0.1) is 5.82 Å². The average molecular weight is 320 g/mol. The third-order valence-corrected chi connectivity index (χ3v) is 4.91. The summed E-state index contributed by atoms with van der Waals surface area (Å²) in [5.41, 5.74) is 0.899. The molecule has 1 N–H and O–H groups in total. The number of ether oxygens (including phenoxy) is 1. The second-order valence-electron chi connectivity index (χ2n) is 6.57. The molecule has 23 heavy (non-hydrogen) atoms. The zero-order valence-electron chi connectivity index (χ0n) is 13.6. The highest BCUT2D eigenvalue weighted by Crippen LogP contribution is 2.28. The number of hydrogen-bond acceptors (Lipinski definition) is 2. The number of carbonyl (C=O) groups excluding carboxylic acids is 1. The van der Waals surface area contributed by atoms with Crippen molar-refractivity contribution in [2.24, 2.45) is 0 Å². The molecule has 0 radical (unpaired) electrons. The Labute approximate surface area is 137 Å². The van der Waals surface area contributed by atoms with Gasteiger partial charge in [-0.15, -0.1) is 0 Å². The lowest BCUT2D eigenvalue weighted by atomic mass is 9.99. The Kier molecular flexibility index (Phi) is 5.16. The number of amides is 2. The summed E-state index contributed by atoms with van der Waals surface area (Å²) in [6.45, 7) is 3.62. The van der Waals surface area contributed by atoms with Crippen molar-refractivity contribution in [3.8, 4) is 0 Å². The molecule has 126 valence electrons. The predicted molar refractivity (Wildman–Crippen MR) is 86.7 cm³/mol. The van der Waals surface area contributed by atoms with E-state index < -0.39 is 0 Å². The Morgan fingerprint density at radius 2 is 2.04 bits per heavy atom. The Morgan fingerprint density at radius 1 is 1.26 bits per heavy atom. The van der Waals surface area contributed by atoms with Gasteiger partial charge in [-0.2, -0.15) is 0 Å². The first kappa shape index (κ1) is 16.2. The minimum atomic E-state index is -0.268. The molecule has 0 saturated carbocycles. The Bertz CT molecular complexity index is 528. The van der Waals surface area contributed by atoms with Gasteiger partial charge < -0.3 is 15.0 Å². The number of likely N-dealkylation sites (tertiary alicyclic amines) is 1. The molecule has 0 spiro atoms. The summed E-state index contributed by atoms with van der Waals surface area (Å²) in [5, 5.41) is 3.13. The molecule has 2 aliphatic heterocycles. The average Bonchev–Trinajstić information content (AvgIpc) is 3.08. The number of carbonyl (C=O) groups is 1. The van der Waals surface area contributed by atoms with E-state index in [-0.39, 0.29) is 30.0 Å². The van der Waals surface area contributed by atoms with Crippen molar-refractivity contribution < 1.29 is 13.9 Å². The van der Waals surface area contributed by atoms with Gasteiger partial charge in [0.15, 0.2) is 0 Å². The van der Waals surface area contributed by atoms with Crippen LogP contribution >= 0.6 is 0 Å². The number of halogens is 1. The number of piperidine rings is 1. The van der Waals surface area contributed by atoms with Gasteiger partial charge in [0.1, 0.15) is 5.82 Å². The van der Waals surface area contributed by atoms with E-state index in [0.717, 1.165) is 44.4 Å². The molecule has 2 aliphatic rings. The third-order valence-electron chi connectivity index (χ3n) is 4.91. The summed E-state index contributed by atoms with van der Waals surface area (Å²) in [4.78, 5) is 14.6. The highest BCUT2D eigenvalue weighted by atomic mass is 19.1. The first-order chi connectivity index (χ1) is 11.1. The Balaban J connectivity index is 1.75. The van der Waals surface area contributed by atoms with Crippen LogP contribution in [0.25, 0.3) is 0 Å². The standard InChI is InChI=1S/C18H25FN2O2/c1-13-5-2-3-11-21(13)18(22)20-17(16-6-4-12-23-16)14-7-9-15(19)10-8-14/h7-10,13,16-17H,2-6,11-12H2,1H3,(H,20,22). The quantitative estimate of drug-likeness (QED) is 0.924. The van der Waals surface area contributed by atoms with Gasteiger partial charge >= 0.3 is 6.03 Å². The zero-order chi connectivity index (χ0) is 16.2. The topological polar surface area (TPSA) is 41.6 Å². The normalized spacial score (nSPS) is 26.1. The van der Waals surface area contributed by atoms with Gasteiger partial charge in [0.25, 0.3) is 0 Å². The second kappa shape index (κ2) is 7.30. The van der Waals surface area contributed by atoms with E-state index in [2.05, 4.69) is 12.2 Å². The van der Waals surface area contributed by atoms with Crippen LogP contribution in [0.3, 0.4) is 0 Å². The first-order valence-corrected chi connectivity index (χ1v) is 8.59. The fraction of sp³-hybridized carbons (Fsp3) is 0.611. The van der Waals surface area contributed by atoms with Gasteiger partial charge in [-0.25, -0.2) is 9.18 Å². The molecular weight excluding hydrogens is 295 g/mol. The van der Waals surface area contributed by atoms with E-state index in [9.17, 15) is 9.18 Å². The van der Waals surface area contributed by atoms with Crippen molar-refractivity contribution in [3.05, 3.63) is 35.6 Å². The number of benzene rings is 1. The van der Waals surface area contributed by atoms with E-state index >= 15 is 0 Å². The molecule has 2 saturated heterocycles. The molecular formula is C18H25FN2O2. The number of nitrogens with zero attached hydrogens (tertiary/aromatic N) is 1. The third kappa shape index (κ3) is 3.83. The molecule has 3 atom stereocenters. The molecule has 2 amide bonds. The van der Waals surface area contributed by atoms with Crippen molar-refractivity contribution >= 4 is 6.03 Å². The molecule has 4 nitrogen and oxygen atoms in total. The molecule has 2 heterocycles. The smallest absolute Gasteiger partial charge is 0.318 e. The van der Waals surface area contributed by atoms with E-state index in [1.54, 1.807) is 12.1 Å². The summed E-state index contributed by atoms with van der Waals surface area (Å²) in [6.07, 6.45) is 5.16. The fourth-order valence-electron chi connectivity index (χ4n) is 3.54. The SMILES string of the molecule is CC1CCCCN1C(=O)NC(c1ccc(F)cc1)C1CCCO1. The van der Waals surface area contributed by atoms with Gasteiger partial charge in [-0.3, -0.25) is 0 Å². The summed E-state index contributed by atoms with van der Waals surface area (Å²) in [5.74, 6) is -0.268. The lowest BCUT2D eigenvalue weighted by molar-refractivity contribution is 0.0753. The van der Waals surface area contributed by atoms with Crippen LogP contribution in [0.5, 0.6) is 0 Å². The summed E-state index contributed by atoms with van der Waals surface area (Å²) < 4.78 is 19.0. The summed E-state index contributed by atoms with van der Waals surface area (Å²) >= 11 is 0. The molecule has 3 rings (SSSR count). The number of hydrogen-bond donors (Lipinski definition) is 1.